The third kappa shape index (κ3) is 1.56. The van der Waals surface area contributed by atoms with Crippen LogP contribution in [0.15, 0.2) is 51.6 Å². The average molecular weight is 226 g/mol. The summed E-state index contributed by atoms with van der Waals surface area (Å²) in [7, 11) is 0. The SMILES string of the molecule is Cc1cccc(C(=O)c2cccc3ooc23)c1. The molecule has 0 saturated heterocycles. The van der Waals surface area contributed by atoms with Crippen molar-refractivity contribution < 1.29 is 13.9 Å². The van der Waals surface area contributed by atoms with Gasteiger partial charge in [0.1, 0.15) is 0 Å². The standard InChI is InChI=1S/C14H10O3/c1-9-4-2-5-10(8-9)13(15)11-6-3-7-12-14(11)17-16-12/h2-8H,1H3. The number of carbonyl (C=O) groups excluding carboxylic acids is 1. The van der Waals surface area contributed by atoms with E-state index in [1.54, 1.807) is 24.3 Å². The van der Waals surface area contributed by atoms with E-state index in [-0.39, 0.29) is 5.78 Å². The molecule has 0 amide bonds. The van der Waals surface area contributed by atoms with E-state index in [1.165, 1.54) is 0 Å². The van der Waals surface area contributed by atoms with Gasteiger partial charge in [-0.25, -0.2) is 0 Å². The Kier molecular flexibility index (Phi) is 2.11. The molecule has 3 rings (SSSR count). The second kappa shape index (κ2) is 3.63. The summed E-state index contributed by atoms with van der Waals surface area (Å²) in [5.41, 5.74) is 3.40. The highest BCUT2D eigenvalue weighted by atomic mass is 17.0. The molecule has 0 bridgehead atoms. The fourth-order valence-corrected chi connectivity index (χ4v) is 1.84. The fourth-order valence-electron chi connectivity index (χ4n) is 1.84. The molecule has 0 aliphatic heterocycles. The van der Waals surface area contributed by atoms with E-state index in [4.69, 9.17) is 9.15 Å². The molecule has 1 aromatic heterocycles. The Labute approximate surface area is 97.6 Å². The van der Waals surface area contributed by atoms with E-state index >= 15 is 0 Å². The van der Waals surface area contributed by atoms with Gasteiger partial charge in [-0.2, -0.15) is 0 Å². The van der Waals surface area contributed by atoms with Gasteiger partial charge in [0.25, 0.3) is 0 Å². The van der Waals surface area contributed by atoms with E-state index in [0.29, 0.717) is 22.3 Å². The Morgan fingerprint density at radius 2 is 1.88 bits per heavy atom. The van der Waals surface area contributed by atoms with Gasteiger partial charge in [0.05, 0.1) is 5.56 Å². The normalized spacial score (nSPS) is 10.9. The minimum Gasteiger partial charge on any atom is -0.288 e. The van der Waals surface area contributed by atoms with E-state index in [0.717, 1.165) is 5.56 Å². The van der Waals surface area contributed by atoms with Crippen LogP contribution >= 0.6 is 0 Å². The van der Waals surface area contributed by atoms with Gasteiger partial charge >= 0.3 is 0 Å². The summed E-state index contributed by atoms with van der Waals surface area (Å²) in [4.78, 5) is 12.3. The molecule has 0 saturated carbocycles. The molecule has 2 aromatic carbocycles. The number of para-hydroxylation sites is 1. The number of hydrogen-bond donors (Lipinski definition) is 0. The van der Waals surface area contributed by atoms with Crippen molar-refractivity contribution in [3.63, 3.8) is 0 Å². The number of fused-ring (bicyclic) bond motifs is 1. The zero-order chi connectivity index (χ0) is 11.8. The molecule has 3 aromatic rings. The van der Waals surface area contributed by atoms with Gasteiger partial charge in [0.15, 0.2) is 5.78 Å². The third-order valence-corrected chi connectivity index (χ3v) is 2.72. The largest absolute Gasteiger partial charge is 0.288 e. The predicted molar refractivity (Wildman–Crippen MR) is 63.1 cm³/mol. The van der Waals surface area contributed by atoms with E-state index in [1.807, 2.05) is 25.1 Å². The summed E-state index contributed by atoms with van der Waals surface area (Å²) in [5.74, 6) is -0.0474. The first-order chi connectivity index (χ1) is 8.25. The summed E-state index contributed by atoms with van der Waals surface area (Å²) >= 11 is 0. The summed E-state index contributed by atoms with van der Waals surface area (Å²) < 4.78 is 9.63. The van der Waals surface area contributed by atoms with Crippen LogP contribution < -0.4 is 0 Å². The molecule has 3 heteroatoms. The lowest BCUT2D eigenvalue weighted by atomic mass is 10.0. The first-order valence-corrected chi connectivity index (χ1v) is 5.34. The van der Waals surface area contributed by atoms with Crippen LogP contribution in [0.25, 0.3) is 11.2 Å². The van der Waals surface area contributed by atoms with Crippen LogP contribution in [0.1, 0.15) is 21.5 Å². The van der Waals surface area contributed by atoms with Crippen LogP contribution in [0, 0.1) is 6.92 Å². The van der Waals surface area contributed by atoms with Crippen molar-refractivity contribution in [2.24, 2.45) is 0 Å². The van der Waals surface area contributed by atoms with Crippen molar-refractivity contribution in [3.05, 3.63) is 59.2 Å². The lowest BCUT2D eigenvalue weighted by Gasteiger charge is -2.05. The molecule has 84 valence electrons. The van der Waals surface area contributed by atoms with Crippen LogP contribution in [0.4, 0.5) is 0 Å². The molecule has 0 fully saturated rings. The Hall–Kier alpha value is -2.29. The average Bonchev–Trinajstić information content (AvgIpc) is 2.29. The highest BCUT2D eigenvalue weighted by Gasteiger charge is 2.18. The van der Waals surface area contributed by atoms with Crippen molar-refractivity contribution in [1.29, 1.82) is 0 Å². The van der Waals surface area contributed by atoms with E-state index < -0.39 is 0 Å². The van der Waals surface area contributed by atoms with Gasteiger partial charge in [0.2, 0.25) is 11.2 Å². The van der Waals surface area contributed by atoms with Crippen molar-refractivity contribution in [3.8, 4) is 0 Å². The van der Waals surface area contributed by atoms with E-state index in [9.17, 15) is 4.79 Å². The summed E-state index contributed by atoms with van der Waals surface area (Å²) in [6, 6.07) is 12.8. The Bertz CT molecular complexity index is 688. The Morgan fingerprint density at radius 1 is 1.06 bits per heavy atom. The molecule has 0 spiro atoms. The minimum atomic E-state index is -0.0474. The van der Waals surface area contributed by atoms with E-state index in [2.05, 4.69) is 0 Å². The molecule has 17 heavy (non-hydrogen) atoms. The van der Waals surface area contributed by atoms with Crippen molar-refractivity contribution in [1.82, 2.24) is 0 Å². The Balaban J connectivity index is 2.10. The molecular formula is C14H10O3. The second-order valence-electron chi connectivity index (χ2n) is 4.00. The molecule has 0 aliphatic rings. The summed E-state index contributed by atoms with van der Waals surface area (Å²) in [5, 5.41) is 0. The summed E-state index contributed by atoms with van der Waals surface area (Å²) in [6.07, 6.45) is 0. The minimum absolute atomic E-state index is 0.0474. The van der Waals surface area contributed by atoms with Gasteiger partial charge < -0.3 is 0 Å². The van der Waals surface area contributed by atoms with Crippen molar-refractivity contribution >= 4 is 16.9 Å². The van der Waals surface area contributed by atoms with Crippen molar-refractivity contribution in [2.45, 2.75) is 6.92 Å². The zero-order valence-corrected chi connectivity index (χ0v) is 9.27. The number of carbonyl (C=O) groups is 1. The monoisotopic (exact) mass is 226 g/mol. The van der Waals surface area contributed by atoms with Crippen molar-refractivity contribution in [2.75, 3.05) is 0 Å². The second-order valence-corrected chi connectivity index (χ2v) is 4.00. The molecule has 0 atom stereocenters. The molecular weight excluding hydrogens is 216 g/mol. The third-order valence-electron chi connectivity index (χ3n) is 2.72. The number of benzene rings is 2. The smallest absolute Gasteiger partial charge is 0.236 e. The van der Waals surface area contributed by atoms with Crippen LogP contribution in [-0.2, 0) is 0 Å². The van der Waals surface area contributed by atoms with Gasteiger partial charge in [-0.15, -0.1) is 0 Å². The maximum absolute atomic E-state index is 12.3. The quantitative estimate of drug-likeness (QED) is 0.495. The van der Waals surface area contributed by atoms with Gasteiger partial charge in [-0.3, -0.25) is 13.9 Å². The zero-order valence-electron chi connectivity index (χ0n) is 9.27. The molecule has 1 heterocycles. The highest BCUT2D eigenvalue weighted by molar-refractivity contribution is 6.14. The molecule has 0 N–H and O–H groups in total. The molecule has 0 unspecified atom stereocenters. The number of hydrogen-bond acceptors (Lipinski definition) is 3. The lowest BCUT2D eigenvalue weighted by Crippen LogP contribution is -2.03. The maximum atomic E-state index is 12.3. The maximum Gasteiger partial charge on any atom is 0.236 e. The molecule has 3 nitrogen and oxygen atoms in total. The van der Waals surface area contributed by atoms with Crippen LogP contribution in [-0.4, -0.2) is 5.78 Å². The summed E-state index contributed by atoms with van der Waals surface area (Å²) in [6.45, 7) is 1.96. The van der Waals surface area contributed by atoms with Crippen LogP contribution in [0.5, 0.6) is 0 Å². The Morgan fingerprint density at radius 3 is 2.59 bits per heavy atom. The number of rotatable bonds is 2. The number of aryl methyl sites for hydroxylation is 1. The van der Waals surface area contributed by atoms with Gasteiger partial charge in [-0.1, -0.05) is 29.8 Å². The highest BCUT2D eigenvalue weighted by Crippen LogP contribution is 2.24. The molecule has 0 radical (unpaired) electrons. The van der Waals surface area contributed by atoms with Crippen LogP contribution in [0.3, 0.4) is 0 Å². The number of ketones is 1. The first kappa shape index (κ1) is 9.90. The predicted octanol–water partition coefficient (Wildman–Crippen LogP) is 3.57. The van der Waals surface area contributed by atoms with Gasteiger partial charge in [0, 0.05) is 5.56 Å². The first-order valence-electron chi connectivity index (χ1n) is 5.34. The van der Waals surface area contributed by atoms with Gasteiger partial charge in [-0.05, 0) is 25.1 Å². The topological polar surface area (TPSA) is 43.4 Å². The fraction of sp³-hybridized carbons (Fsp3) is 0.0714. The van der Waals surface area contributed by atoms with Crippen LogP contribution in [0.2, 0.25) is 0 Å². The lowest BCUT2D eigenvalue weighted by molar-refractivity contribution is 0.0577. The molecule has 0 aliphatic carbocycles.